The Kier molecular flexibility index (Phi) is 8.40. The van der Waals surface area contributed by atoms with E-state index < -0.39 is 0 Å². The van der Waals surface area contributed by atoms with Crippen LogP contribution in [0.15, 0.2) is 0 Å². The van der Waals surface area contributed by atoms with Crippen molar-refractivity contribution >= 4 is 0 Å². The minimum atomic E-state index is -0.121. The largest absolute Gasteiger partial charge is 0.355 e. The summed E-state index contributed by atoms with van der Waals surface area (Å²) in [7, 11) is 3.32. The van der Waals surface area contributed by atoms with Crippen LogP contribution in [0.3, 0.4) is 0 Å². The standard InChI is InChI=1S/C10H23NO2/c1-5-6-7-9(2)11-8-10(12-3)13-4/h9-11H,5-8H2,1-4H3. The van der Waals surface area contributed by atoms with Gasteiger partial charge in [-0.05, 0) is 13.3 Å². The summed E-state index contributed by atoms with van der Waals surface area (Å²) < 4.78 is 10.1. The summed E-state index contributed by atoms with van der Waals surface area (Å²) in [4.78, 5) is 0. The molecule has 3 nitrogen and oxygen atoms in total. The molecule has 0 bridgehead atoms. The van der Waals surface area contributed by atoms with Crippen LogP contribution in [-0.2, 0) is 9.47 Å². The van der Waals surface area contributed by atoms with E-state index in [2.05, 4.69) is 19.2 Å². The Morgan fingerprint density at radius 3 is 2.31 bits per heavy atom. The Morgan fingerprint density at radius 2 is 1.85 bits per heavy atom. The van der Waals surface area contributed by atoms with E-state index >= 15 is 0 Å². The smallest absolute Gasteiger partial charge is 0.169 e. The second kappa shape index (κ2) is 8.48. The number of unbranched alkanes of at least 4 members (excludes halogenated alkanes) is 1. The molecule has 1 N–H and O–H groups in total. The van der Waals surface area contributed by atoms with Gasteiger partial charge in [0, 0.05) is 26.8 Å². The van der Waals surface area contributed by atoms with Crippen LogP contribution in [0, 0.1) is 0 Å². The molecule has 3 heteroatoms. The van der Waals surface area contributed by atoms with E-state index in [9.17, 15) is 0 Å². The maximum Gasteiger partial charge on any atom is 0.169 e. The third kappa shape index (κ3) is 6.99. The summed E-state index contributed by atoms with van der Waals surface area (Å²) in [6.07, 6.45) is 3.63. The fourth-order valence-electron chi connectivity index (χ4n) is 1.17. The first-order chi connectivity index (χ1) is 6.24. The summed E-state index contributed by atoms with van der Waals surface area (Å²) >= 11 is 0. The highest BCUT2D eigenvalue weighted by Crippen LogP contribution is 1.99. The Bertz CT molecular complexity index is 105. The van der Waals surface area contributed by atoms with Crippen LogP contribution >= 0.6 is 0 Å². The average molecular weight is 189 g/mol. The van der Waals surface area contributed by atoms with Crippen molar-refractivity contribution in [1.29, 1.82) is 0 Å². The second-order valence-corrected chi connectivity index (χ2v) is 3.35. The number of ether oxygens (including phenoxy) is 2. The van der Waals surface area contributed by atoms with E-state index in [1.807, 2.05) is 0 Å². The van der Waals surface area contributed by atoms with Gasteiger partial charge in [0.25, 0.3) is 0 Å². The molecule has 0 aliphatic heterocycles. The summed E-state index contributed by atoms with van der Waals surface area (Å²) in [6, 6.07) is 0.549. The van der Waals surface area contributed by atoms with Gasteiger partial charge in [0.2, 0.25) is 0 Å². The zero-order valence-corrected chi connectivity index (χ0v) is 9.30. The van der Waals surface area contributed by atoms with Gasteiger partial charge in [0.1, 0.15) is 0 Å². The predicted octanol–water partition coefficient (Wildman–Crippen LogP) is 1.77. The minimum Gasteiger partial charge on any atom is -0.355 e. The van der Waals surface area contributed by atoms with E-state index in [4.69, 9.17) is 9.47 Å². The zero-order chi connectivity index (χ0) is 10.1. The Hall–Kier alpha value is -0.120. The van der Waals surface area contributed by atoms with Gasteiger partial charge in [0.15, 0.2) is 6.29 Å². The molecule has 0 saturated carbocycles. The quantitative estimate of drug-likeness (QED) is 0.590. The molecule has 1 unspecified atom stereocenters. The van der Waals surface area contributed by atoms with Gasteiger partial charge in [-0.2, -0.15) is 0 Å². The van der Waals surface area contributed by atoms with Gasteiger partial charge in [-0.1, -0.05) is 19.8 Å². The normalized spacial score (nSPS) is 13.6. The molecule has 0 spiro atoms. The van der Waals surface area contributed by atoms with Crippen LogP contribution in [0.1, 0.15) is 33.1 Å². The topological polar surface area (TPSA) is 30.5 Å². The van der Waals surface area contributed by atoms with Crippen LogP contribution in [0.5, 0.6) is 0 Å². The van der Waals surface area contributed by atoms with Crippen molar-refractivity contribution in [3.05, 3.63) is 0 Å². The highest BCUT2D eigenvalue weighted by molar-refractivity contribution is 4.61. The van der Waals surface area contributed by atoms with E-state index in [-0.39, 0.29) is 6.29 Å². The lowest BCUT2D eigenvalue weighted by Gasteiger charge is -2.18. The van der Waals surface area contributed by atoms with Crippen LogP contribution in [0.4, 0.5) is 0 Å². The number of rotatable bonds is 8. The van der Waals surface area contributed by atoms with E-state index in [1.54, 1.807) is 14.2 Å². The minimum absolute atomic E-state index is 0.121. The van der Waals surface area contributed by atoms with Crippen molar-refractivity contribution in [3.63, 3.8) is 0 Å². The maximum absolute atomic E-state index is 5.07. The first-order valence-electron chi connectivity index (χ1n) is 5.03. The van der Waals surface area contributed by atoms with Crippen LogP contribution < -0.4 is 5.32 Å². The molecule has 0 saturated heterocycles. The van der Waals surface area contributed by atoms with Gasteiger partial charge in [-0.3, -0.25) is 0 Å². The predicted molar refractivity (Wildman–Crippen MR) is 54.8 cm³/mol. The van der Waals surface area contributed by atoms with Crippen LogP contribution in [0.25, 0.3) is 0 Å². The SMILES string of the molecule is CCCCC(C)NCC(OC)OC. The van der Waals surface area contributed by atoms with Gasteiger partial charge in [-0.25, -0.2) is 0 Å². The second-order valence-electron chi connectivity index (χ2n) is 3.35. The Morgan fingerprint density at radius 1 is 1.23 bits per heavy atom. The summed E-state index contributed by atoms with van der Waals surface area (Å²) in [5.41, 5.74) is 0. The Balaban J connectivity index is 3.38. The number of methoxy groups -OCH3 is 2. The number of nitrogens with one attached hydrogen (secondary N) is 1. The molecule has 1 atom stereocenters. The third-order valence-electron chi connectivity index (χ3n) is 2.15. The molecule has 0 aromatic rings. The first kappa shape index (κ1) is 12.9. The molecule has 0 aromatic heterocycles. The van der Waals surface area contributed by atoms with Gasteiger partial charge in [-0.15, -0.1) is 0 Å². The highest BCUT2D eigenvalue weighted by atomic mass is 16.7. The fourth-order valence-corrected chi connectivity index (χ4v) is 1.17. The molecule has 0 aliphatic carbocycles. The van der Waals surface area contributed by atoms with E-state index in [1.165, 1.54) is 19.3 Å². The monoisotopic (exact) mass is 189 g/mol. The van der Waals surface area contributed by atoms with Crippen LogP contribution in [0.2, 0.25) is 0 Å². The molecule has 0 aliphatic rings. The van der Waals surface area contributed by atoms with E-state index in [0.29, 0.717) is 6.04 Å². The summed E-state index contributed by atoms with van der Waals surface area (Å²) in [5, 5.41) is 3.37. The first-order valence-corrected chi connectivity index (χ1v) is 5.03. The zero-order valence-electron chi connectivity index (χ0n) is 9.30. The van der Waals surface area contributed by atoms with Crippen molar-refractivity contribution in [2.45, 2.75) is 45.4 Å². The van der Waals surface area contributed by atoms with Crippen molar-refractivity contribution in [2.75, 3.05) is 20.8 Å². The molecule has 0 amide bonds. The van der Waals surface area contributed by atoms with Crippen molar-refractivity contribution < 1.29 is 9.47 Å². The highest BCUT2D eigenvalue weighted by Gasteiger charge is 2.06. The van der Waals surface area contributed by atoms with E-state index in [0.717, 1.165) is 6.54 Å². The summed E-state index contributed by atoms with van der Waals surface area (Å²) in [5.74, 6) is 0. The fraction of sp³-hybridized carbons (Fsp3) is 1.00. The summed E-state index contributed by atoms with van der Waals surface area (Å²) in [6.45, 7) is 5.16. The van der Waals surface area contributed by atoms with Crippen LogP contribution in [-0.4, -0.2) is 33.1 Å². The molecule has 0 radical (unpaired) electrons. The molecule has 0 heterocycles. The van der Waals surface area contributed by atoms with Crippen molar-refractivity contribution in [3.8, 4) is 0 Å². The molecule has 80 valence electrons. The molecule has 0 aromatic carbocycles. The molecular weight excluding hydrogens is 166 g/mol. The van der Waals surface area contributed by atoms with Crippen molar-refractivity contribution in [1.82, 2.24) is 5.32 Å². The molecule has 0 rings (SSSR count). The van der Waals surface area contributed by atoms with Crippen molar-refractivity contribution in [2.24, 2.45) is 0 Å². The average Bonchev–Trinajstić information content (AvgIpc) is 2.16. The molecule has 0 fully saturated rings. The maximum atomic E-state index is 5.07. The lowest BCUT2D eigenvalue weighted by Crippen LogP contribution is -2.35. The molecular formula is C10H23NO2. The van der Waals surface area contributed by atoms with Gasteiger partial charge < -0.3 is 14.8 Å². The third-order valence-corrected chi connectivity index (χ3v) is 2.15. The Labute approximate surface area is 81.8 Å². The van der Waals surface area contributed by atoms with Gasteiger partial charge in [0.05, 0.1) is 0 Å². The molecule has 13 heavy (non-hydrogen) atoms. The number of hydrogen-bond donors (Lipinski definition) is 1. The van der Waals surface area contributed by atoms with Gasteiger partial charge >= 0.3 is 0 Å². The lowest BCUT2D eigenvalue weighted by atomic mass is 10.1. The lowest BCUT2D eigenvalue weighted by molar-refractivity contribution is -0.0997. The number of hydrogen-bond acceptors (Lipinski definition) is 3.